The zero-order valence-electron chi connectivity index (χ0n) is 32.1. The maximum atomic E-state index is 13.7. The van der Waals surface area contributed by atoms with E-state index < -0.39 is 36.0 Å². The first kappa shape index (κ1) is 41.1. The topological polar surface area (TPSA) is 160 Å². The number of unbranched alkanes of at least 4 members (excludes halogenated alkanes) is 4. The number of aromatic nitrogens is 2. The molecule has 0 saturated carbocycles. The minimum absolute atomic E-state index is 0.0263. The van der Waals surface area contributed by atoms with Gasteiger partial charge < -0.3 is 30.3 Å². The van der Waals surface area contributed by atoms with Crippen LogP contribution in [0.25, 0.3) is 22.5 Å². The van der Waals surface area contributed by atoms with Crippen molar-refractivity contribution in [3.05, 3.63) is 132 Å². The number of nitrogens with zero attached hydrogens (tertiary/aromatic N) is 2. The molecule has 0 radical (unpaired) electrons. The monoisotopic (exact) mass is 758 g/mol. The number of carbonyl (C=O) groups is 3. The van der Waals surface area contributed by atoms with Gasteiger partial charge in [0.2, 0.25) is 5.91 Å². The number of carbonyl (C=O) groups excluding carboxylic acids is 2. The van der Waals surface area contributed by atoms with Gasteiger partial charge in [0.15, 0.2) is 11.9 Å². The first-order valence-electron chi connectivity index (χ1n) is 19.1. The number of aliphatic carboxylic acids is 1. The highest BCUT2D eigenvalue weighted by Crippen LogP contribution is 2.24. The van der Waals surface area contributed by atoms with Crippen molar-refractivity contribution in [2.24, 2.45) is 0 Å². The van der Waals surface area contributed by atoms with Crippen LogP contribution in [0.4, 0.5) is 0 Å². The maximum absolute atomic E-state index is 13.7. The van der Waals surface area contributed by atoms with Crippen molar-refractivity contribution in [3.63, 3.8) is 0 Å². The van der Waals surface area contributed by atoms with E-state index in [0.717, 1.165) is 28.9 Å². The third-order valence-electron chi connectivity index (χ3n) is 9.14. The Balaban J connectivity index is 1.27. The van der Waals surface area contributed by atoms with E-state index in [1.54, 1.807) is 79.1 Å². The van der Waals surface area contributed by atoms with Crippen LogP contribution in [0.1, 0.15) is 80.5 Å². The average molecular weight is 759 g/mol. The Morgan fingerprint density at radius 3 is 1.96 bits per heavy atom. The predicted octanol–water partition coefficient (Wildman–Crippen LogP) is 7.59. The minimum atomic E-state index is -1.67. The molecule has 11 heteroatoms. The lowest BCUT2D eigenvalue weighted by molar-refractivity contribution is -0.145. The van der Waals surface area contributed by atoms with Crippen LogP contribution in [-0.2, 0) is 16.0 Å². The second-order valence-electron chi connectivity index (χ2n) is 13.9. The SMILES string of the molecule is CCCCCCCOc1ccc(-c2cnc(-c3ccc(C[C@H](NC(=O)c4ccc(OC(C)C)cc4)C(=O)NC(C(=O)O)C(O)c4ccccc4)cc3)nc2)cc1. The number of rotatable bonds is 20. The molecule has 0 bridgehead atoms. The minimum Gasteiger partial charge on any atom is -0.494 e. The molecule has 56 heavy (non-hydrogen) atoms. The number of hydrogen-bond acceptors (Lipinski definition) is 8. The number of carboxylic acid groups (broad SMARTS) is 1. The van der Waals surface area contributed by atoms with Gasteiger partial charge in [0.1, 0.15) is 23.6 Å². The highest BCUT2D eigenvalue weighted by Gasteiger charge is 2.32. The summed E-state index contributed by atoms with van der Waals surface area (Å²) in [6.07, 6.45) is 7.91. The highest BCUT2D eigenvalue weighted by molar-refractivity contribution is 5.98. The van der Waals surface area contributed by atoms with Crippen LogP contribution in [0.3, 0.4) is 0 Å². The summed E-state index contributed by atoms with van der Waals surface area (Å²) in [5, 5.41) is 26.1. The van der Waals surface area contributed by atoms with Gasteiger partial charge in [-0.15, -0.1) is 0 Å². The van der Waals surface area contributed by atoms with Gasteiger partial charge in [0, 0.05) is 35.5 Å². The van der Waals surface area contributed by atoms with Gasteiger partial charge in [-0.3, -0.25) is 9.59 Å². The molecule has 0 saturated heterocycles. The molecule has 0 fully saturated rings. The molecule has 5 rings (SSSR count). The third kappa shape index (κ3) is 12.0. The van der Waals surface area contributed by atoms with Gasteiger partial charge >= 0.3 is 5.97 Å². The molecule has 1 heterocycles. The fourth-order valence-corrected chi connectivity index (χ4v) is 6.07. The van der Waals surface area contributed by atoms with E-state index in [2.05, 4.69) is 27.5 Å². The summed E-state index contributed by atoms with van der Waals surface area (Å²) in [6.45, 7) is 6.70. The summed E-state index contributed by atoms with van der Waals surface area (Å²) >= 11 is 0. The molecular formula is C45H50N4O7. The number of aliphatic hydroxyl groups excluding tert-OH is 1. The Morgan fingerprint density at radius 2 is 1.34 bits per heavy atom. The van der Waals surface area contributed by atoms with Crippen LogP contribution >= 0.6 is 0 Å². The second kappa shape index (κ2) is 20.6. The van der Waals surface area contributed by atoms with E-state index in [-0.39, 0.29) is 18.1 Å². The number of amides is 2. The molecule has 3 atom stereocenters. The summed E-state index contributed by atoms with van der Waals surface area (Å²) in [5.41, 5.74) is 3.86. The summed E-state index contributed by atoms with van der Waals surface area (Å²) in [5.74, 6) is -0.808. The summed E-state index contributed by atoms with van der Waals surface area (Å²) < 4.78 is 11.6. The van der Waals surface area contributed by atoms with Gasteiger partial charge in [-0.1, -0.05) is 99.3 Å². The fourth-order valence-electron chi connectivity index (χ4n) is 6.07. The number of aliphatic hydroxyl groups is 1. The van der Waals surface area contributed by atoms with Crippen LogP contribution in [0.15, 0.2) is 116 Å². The van der Waals surface area contributed by atoms with Crippen molar-refractivity contribution in [2.45, 2.75) is 83.6 Å². The molecule has 0 spiro atoms. The molecular weight excluding hydrogens is 709 g/mol. The highest BCUT2D eigenvalue weighted by atomic mass is 16.5. The quantitative estimate of drug-likeness (QED) is 0.0587. The fraction of sp³-hybridized carbons (Fsp3) is 0.311. The van der Waals surface area contributed by atoms with Crippen LogP contribution < -0.4 is 20.1 Å². The van der Waals surface area contributed by atoms with Gasteiger partial charge in [-0.05, 0) is 73.4 Å². The largest absolute Gasteiger partial charge is 0.494 e. The lowest BCUT2D eigenvalue weighted by atomic mass is 10.00. The third-order valence-corrected chi connectivity index (χ3v) is 9.14. The smallest absolute Gasteiger partial charge is 0.329 e. The van der Waals surface area contributed by atoms with Crippen molar-refractivity contribution >= 4 is 17.8 Å². The number of hydrogen-bond donors (Lipinski definition) is 4. The van der Waals surface area contributed by atoms with Gasteiger partial charge in [0.05, 0.1) is 12.7 Å². The van der Waals surface area contributed by atoms with E-state index in [4.69, 9.17) is 9.47 Å². The van der Waals surface area contributed by atoms with Crippen molar-refractivity contribution in [1.82, 2.24) is 20.6 Å². The summed E-state index contributed by atoms with van der Waals surface area (Å²) in [4.78, 5) is 48.6. The molecule has 0 aliphatic rings. The lowest BCUT2D eigenvalue weighted by Gasteiger charge is -2.25. The number of nitrogens with one attached hydrogen (secondary N) is 2. The molecule has 2 unspecified atom stereocenters. The van der Waals surface area contributed by atoms with E-state index in [0.29, 0.717) is 29.3 Å². The predicted molar refractivity (Wildman–Crippen MR) is 215 cm³/mol. The van der Waals surface area contributed by atoms with Crippen LogP contribution in [-0.4, -0.2) is 62.8 Å². The molecule has 4 aromatic carbocycles. The molecule has 4 N–H and O–H groups in total. The first-order chi connectivity index (χ1) is 27.1. The first-order valence-corrected chi connectivity index (χ1v) is 19.1. The maximum Gasteiger partial charge on any atom is 0.329 e. The van der Waals surface area contributed by atoms with Crippen molar-refractivity contribution in [3.8, 4) is 34.0 Å². The molecule has 5 aromatic rings. The van der Waals surface area contributed by atoms with Gasteiger partial charge in [-0.2, -0.15) is 0 Å². The average Bonchev–Trinajstić information content (AvgIpc) is 3.21. The standard InChI is InChI=1S/C45H50N4O7/c1-4-5-6-7-11-26-55-37-22-18-32(19-23-37)36-28-46-42(47-29-36)34-16-14-31(15-17-34)27-39(48-43(51)35-20-24-38(25-21-35)56-30(2)3)44(52)49-40(45(53)54)41(50)33-12-9-8-10-13-33/h8-10,12-25,28-30,39-41,50H,4-7,11,26-27H2,1-3H3,(H,48,51)(H,49,52)(H,53,54)/t39-,40?,41?/m0/s1. The van der Waals surface area contributed by atoms with Crippen LogP contribution in [0.5, 0.6) is 11.5 Å². The van der Waals surface area contributed by atoms with E-state index in [1.165, 1.54) is 25.7 Å². The molecule has 2 amide bonds. The Labute approximate surface area is 328 Å². The molecule has 1 aromatic heterocycles. The molecule has 0 aliphatic heterocycles. The van der Waals surface area contributed by atoms with Crippen LogP contribution in [0, 0.1) is 0 Å². The normalized spacial score (nSPS) is 12.7. The second-order valence-corrected chi connectivity index (χ2v) is 13.9. The Hall–Kier alpha value is -6.07. The van der Waals surface area contributed by atoms with Crippen molar-refractivity contribution in [1.29, 1.82) is 0 Å². The number of carboxylic acids is 1. The van der Waals surface area contributed by atoms with Gasteiger partial charge in [0.25, 0.3) is 5.91 Å². The summed E-state index contributed by atoms with van der Waals surface area (Å²) in [6, 6.07) is 27.0. The molecule has 11 nitrogen and oxygen atoms in total. The zero-order chi connectivity index (χ0) is 39.9. The van der Waals surface area contributed by atoms with Gasteiger partial charge in [-0.25, -0.2) is 14.8 Å². The molecule has 292 valence electrons. The van der Waals surface area contributed by atoms with Crippen LogP contribution in [0.2, 0.25) is 0 Å². The summed E-state index contributed by atoms with van der Waals surface area (Å²) in [7, 11) is 0. The van der Waals surface area contributed by atoms with E-state index >= 15 is 0 Å². The van der Waals surface area contributed by atoms with Crippen molar-refractivity contribution < 1.29 is 34.1 Å². The lowest BCUT2D eigenvalue weighted by Crippen LogP contribution is -2.54. The van der Waals surface area contributed by atoms with E-state index in [9.17, 15) is 24.6 Å². The Bertz CT molecular complexity index is 1990. The molecule has 0 aliphatic carbocycles. The Morgan fingerprint density at radius 1 is 0.714 bits per heavy atom. The Kier molecular flexibility index (Phi) is 15.1. The van der Waals surface area contributed by atoms with E-state index in [1.807, 2.05) is 50.2 Å². The number of benzene rings is 4. The number of ether oxygens (including phenoxy) is 2. The zero-order valence-corrected chi connectivity index (χ0v) is 32.1. The van der Waals surface area contributed by atoms with Crippen molar-refractivity contribution in [2.75, 3.05) is 6.61 Å².